The lowest BCUT2D eigenvalue weighted by Crippen LogP contribution is -2.38. The second kappa shape index (κ2) is 3.47. The lowest BCUT2D eigenvalue weighted by atomic mass is 10.0. The van der Waals surface area contributed by atoms with Gasteiger partial charge in [0.1, 0.15) is 0 Å². The van der Waals surface area contributed by atoms with E-state index in [1.165, 1.54) is 0 Å². The molecule has 84 valence electrons. The van der Waals surface area contributed by atoms with E-state index in [0.29, 0.717) is 24.6 Å². The molecule has 2 saturated heterocycles. The summed E-state index contributed by atoms with van der Waals surface area (Å²) in [4.78, 5) is 13.6. The lowest BCUT2D eigenvalue weighted by Gasteiger charge is -2.30. The molecular weight excluding hydrogens is 226 g/mol. The Morgan fingerprint density at radius 1 is 1.31 bits per heavy atom. The van der Waals surface area contributed by atoms with E-state index < -0.39 is 5.72 Å². The minimum atomic E-state index is -0.512. The molecule has 3 rings (SSSR count). The van der Waals surface area contributed by atoms with Crippen molar-refractivity contribution in [1.82, 2.24) is 4.90 Å². The molecule has 0 N–H and O–H groups in total. The molecule has 2 fully saturated rings. The van der Waals surface area contributed by atoms with E-state index in [0.717, 1.165) is 12.0 Å². The molecule has 2 heterocycles. The Labute approximate surface area is 98.9 Å². The molecule has 1 atom stereocenters. The Balaban J connectivity index is 2.04. The predicted molar refractivity (Wildman–Crippen MR) is 60.0 cm³/mol. The maximum atomic E-state index is 11.7. The molecule has 1 aromatic carbocycles. The summed E-state index contributed by atoms with van der Waals surface area (Å²) < 4.78 is 5.82. The van der Waals surface area contributed by atoms with Crippen LogP contribution in [0.25, 0.3) is 0 Å². The lowest BCUT2D eigenvalue weighted by molar-refractivity contribution is -0.137. The summed E-state index contributed by atoms with van der Waals surface area (Å²) in [6.45, 7) is 1.32. The van der Waals surface area contributed by atoms with Crippen LogP contribution in [-0.4, -0.2) is 24.0 Å². The van der Waals surface area contributed by atoms with E-state index >= 15 is 0 Å². The van der Waals surface area contributed by atoms with Crippen molar-refractivity contribution in [3.8, 4) is 0 Å². The highest BCUT2D eigenvalue weighted by Crippen LogP contribution is 2.43. The molecule has 0 bridgehead atoms. The highest BCUT2D eigenvalue weighted by Gasteiger charge is 2.50. The van der Waals surface area contributed by atoms with Gasteiger partial charge in [0.25, 0.3) is 0 Å². The molecule has 2 aliphatic rings. The van der Waals surface area contributed by atoms with Crippen molar-refractivity contribution in [2.24, 2.45) is 0 Å². The Morgan fingerprint density at radius 3 is 2.81 bits per heavy atom. The molecule has 0 saturated carbocycles. The van der Waals surface area contributed by atoms with Crippen LogP contribution in [0.3, 0.4) is 0 Å². The van der Waals surface area contributed by atoms with Crippen LogP contribution in [0, 0.1) is 0 Å². The minimum Gasteiger partial charge on any atom is -0.349 e. The van der Waals surface area contributed by atoms with Gasteiger partial charge in [-0.25, -0.2) is 0 Å². The van der Waals surface area contributed by atoms with Crippen molar-refractivity contribution in [2.45, 2.75) is 18.6 Å². The first-order valence-electron chi connectivity index (χ1n) is 5.43. The van der Waals surface area contributed by atoms with E-state index in [4.69, 9.17) is 16.3 Å². The Kier molecular flexibility index (Phi) is 2.19. The number of hydrogen-bond acceptors (Lipinski definition) is 2. The molecule has 0 unspecified atom stereocenters. The monoisotopic (exact) mass is 237 g/mol. The summed E-state index contributed by atoms with van der Waals surface area (Å²) in [5, 5.41) is 0.703. The number of benzene rings is 1. The zero-order valence-corrected chi connectivity index (χ0v) is 9.54. The van der Waals surface area contributed by atoms with Gasteiger partial charge in [0, 0.05) is 30.0 Å². The van der Waals surface area contributed by atoms with Crippen LogP contribution in [0.5, 0.6) is 0 Å². The van der Waals surface area contributed by atoms with Crippen molar-refractivity contribution >= 4 is 17.5 Å². The summed E-state index contributed by atoms with van der Waals surface area (Å²) in [5.74, 6) is 0.187. The van der Waals surface area contributed by atoms with Crippen LogP contribution in [0.2, 0.25) is 5.02 Å². The number of fused-ring (bicyclic) bond motifs is 1. The number of carbonyl (C=O) groups is 1. The zero-order chi connectivity index (χ0) is 11.2. The van der Waals surface area contributed by atoms with Gasteiger partial charge in [0.15, 0.2) is 5.72 Å². The standard InChI is InChI=1S/C12H12ClNO2/c13-10-3-1-9(2-4-10)12-6-5-11(15)14(12)7-8-16-12/h1-4H,5-8H2/t12-/m1/s1. The molecule has 2 aliphatic heterocycles. The topological polar surface area (TPSA) is 29.5 Å². The van der Waals surface area contributed by atoms with Gasteiger partial charge in [0.2, 0.25) is 5.91 Å². The fourth-order valence-corrected chi connectivity index (χ4v) is 2.73. The Bertz CT molecular complexity index is 431. The second-order valence-electron chi connectivity index (χ2n) is 4.19. The number of rotatable bonds is 1. The maximum Gasteiger partial charge on any atom is 0.225 e. The molecule has 0 spiro atoms. The van der Waals surface area contributed by atoms with Crippen molar-refractivity contribution in [1.29, 1.82) is 0 Å². The van der Waals surface area contributed by atoms with E-state index in [-0.39, 0.29) is 5.91 Å². The van der Waals surface area contributed by atoms with Gasteiger partial charge < -0.3 is 9.64 Å². The van der Waals surface area contributed by atoms with Gasteiger partial charge in [-0.2, -0.15) is 0 Å². The first-order chi connectivity index (χ1) is 7.72. The van der Waals surface area contributed by atoms with Crippen LogP contribution in [0.1, 0.15) is 18.4 Å². The van der Waals surface area contributed by atoms with Crippen molar-refractivity contribution in [3.05, 3.63) is 34.9 Å². The molecule has 3 nitrogen and oxygen atoms in total. The Morgan fingerprint density at radius 2 is 2.06 bits per heavy atom. The van der Waals surface area contributed by atoms with Crippen LogP contribution in [0.15, 0.2) is 24.3 Å². The van der Waals surface area contributed by atoms with Crippen LogP contribution in [-0.2, 0) is 15.3 Å². The summed E-state index contributed by atoms with van der Waals surface area (Å²) in [7, 11) is 0. The van der Waals surface area contributed by atoms with Gasteiger partial charge in [-0.15, -0.1) is 0 Å². The summed E-state index contributed by atoms with van der Waals surface area (Å²) in [5.41, 5.74) is 0.516. The first-order valence-corrected chi connectivity index (χ1v) is 5.81. The SMILES string of the molecule is O=C1CC[C@]2(c3ccc(Cl)cc3)OCCN12. The Hall–Kier alpha value is -1.06. The highest BCUT2D eigenvalue weighted by molar-refractivity contribution is 6.30. The molecular formula is C12H12ClNO2. The fourth-order valence-electron chi connectivity index (χ4n) is 2.60. The molecule has 0 aliphatic carbocycles. The van der Waals surface area contributed by atoms with Gasteiger partial charge in [-0.3, -0.25) is 4.79 Å². The van der Waals surface area contributed by atoms with Gasteiger partial charge in [0.05, 0.1) is 6.61 Å². The van der Waals surface area contributed by atoms with Crippen molar-refractivity contribution in [2.75, 3.05) is 13.2 Å². The van der Waals surface area contributed by atoms with Crippen molar-refractivity contribution < 1.29 is 9.53 Å². The molecule has 1 amide bonds. The minimum absolute atomic E-state index is 0.187. The number of halogens is 1. The fraction of sp³-hybridized carbons (Fsp3) is 0.417. The number of amides is 1. The number of carbonyl (C=O) groups excluding carboxylic acids is 1. The molecule has 16 heavy (non-hydrogen) atoms. The summed E-state index contributed by atoms with van der Waals surface area (Å²) in [6, 6.07) is 7.57. The third kappa shape index (κ3) is 1.28. The number of nitrogens with zero attached hydrogens (tertiary/aromatic N) is 1. The summed E-state index contributed by atoms with van der Waals surface area (Å²) in [6.07, 6.45) is 1.32. The molecule has 0 radical (unpaired) electrons. The van der Waals surface area contributed by atoms with Gasteiger partial charge >= 0.3 is 0 Å². The molecule has 1 aromatic rings. The average molecular weight is 238 g/mol. The van der Waals surface area contributed by atoms with E-state index in [2.05, 4.69) is 0 Å². The number of ether oxygens (including phenoxy) is 1. The normalized spacial score (nSPS) is 28.6. The smallest absolute Gasteiger partial charge is 0.225 e. The van der Waals surface area contributed by atoms with Crippen LogP contribution >= 0.6 is 11.6 Å². The molecule has 0 aromatic heterocycles. The van der Waals surface area contributed by atoms with E-state index in [9.17, 15) is 4.79 Å². The van der Waals surface area contributed by atoms with Crippen LogP contribution < -0.4 is 0 Å². The molecule has 4 heteroatoms. The first kappa shape index (κ1) is 10.1. The summed E-state index contributed by atoms with van der Waals surface area (Å²) >= 11 is 5.87. The average Bonchev–Trinajstić information content (AvgIpc) is 2.82. The van der Waals surface area contributed by atoms with Gasteiger partial charge in [-0.1, -0.05) is 23.7 Å². The van der Waals surface area contributed by atoms with Gasteiger partial charge in [-0.05, 0) is 12.1 Å². The quantitative estimate of drug-likeness (QED) is 0.749. The second-order valence-corrected chi connectivity index (χ2v) is 4.62. The number of hydrogen-bond donors (Lipinski definition) is 0. The maximum absolute atomic E-state index is 11.7. The largest absolute Gasteiger partial charge is 0.349 e. The third-order valence-electron chi connectivity index (χ3n) is 3.37. The third-order valence-corrected chi connectivity index (χ3v) is 3.62. The van der Waals surface area contributed by atoms with E-state index in [1.54, 1.807) is 0 Å². The van der Waals surface area contributed by atoms with Crippen molar-refractivity contribution in [3.63, 3.8) is 0 Å². The zero-order valence-electron chi connectivity index (χ0n) is 8.78. The highest BCUT2D eigenvalue weighted by atomic mass is 35.5. The predicted octanol–water partition coefficient (Wildman–Crippen LogP) is 2.15. The van der Waals surface area contributed by atoms with E-state index in [1.807, 2.05) is 29.2 Å². The van der Waals surface area contributed by atoms with Crippen LogP contribution in [0.4, 0.5) is 0 Å².